The largest absolute Gasteiger partial charge is 0.480 e. The Hall–Kier alpha value is -4.41. The Morgan fingerprint density at radius 3 is 1.80 bits per heavy atom. The van der Waals surface area contributed by atoms with Gasteiger partial charge < -0.3 is 30.5 Å². The first-order chi connectivity index (χ1) is 26.4. The van der Waals surface area contributed by atoms with E-state index in [0.29, 0.717) is 25.8 Å². The Morgan fingerprint density at radius 1 is 0.673 bits per heavy atom. The molecule has 3 rings (SSSR count). The topological polar surface area (TPSA) is 160 Å². The summed E-state index contributed by atoms with van der Waals surface area (Å²) in [5.41, 5.74) is 3.58. The number of alkyl carbamates (subject to hydrolysis) is 1. The molecular formula is C44H65N3O8. The van der Waals surface area contributed by atoms with Crippen molar-refractivity contribution < 1.29 is 38.6 Å². The van der Waals surface area contributed by atoms with Crippen LogP contribution in [0.4, 0.5) is 4.79 Å². The first-order valence-electron chi connectivity index (χ1n) is 20.5. The smallest absolute Gasteiger partial charge is 0.407 e. The molecule has 1 aliphatic rings. The van der Waals surface area contributed by atoms with Gasteiger partial charge in [-0.05, 0) is 75.1 Å². The first-order valence-corrected chi connectivity index (χ1v) is 20.5. The summed E-state index contributed by atoms with van der Waals surface area (Å²) in [6.07, 6.45) is 13.6. The molecule has 0 spiro atoms. The number of hydrogen-bond donors (Lipinski definition) is 4. The van der Waals surface area contributed by atoms with Gasteiger partial charge in [0.15, 0.2) is 0 Å². The summed E-state index contributed by atoms with van der Waals surface area (Å²) in [5.74, 6) is -2.40. The van der Waals surface area contributed by atoms with Crippen LogP contribution in [0, 0.1) is 0 Å². The van der Waals surface area contributed by atoms with Crippen molar-refractivity contribution in [2.45, 2.75) is 160 Å². The average Bonchev–Trinajstić information content (AvgIpc) is 3.46. The Morgan fingerprint density at radius 2 is 1.24 bits per heavy atom. The minimum atomic E-state index is -1.17. The fourth-order valence-corrected chi connectivity index (χ4v) is 6.94. The number of nitrogens with one attached hydrogen (secondary N) is 3. The number of aliphatic carboxylic acids is 1. The van der Waals surface area contributed by atoms with Crippen LogP contribution in [0.3, 0.4) is 0 Å². The van der Waals surface area contributed by atoms with E-state index < -0.39 is 35.7 Å². The van der Waals surface area contributed by atoms with E-state index in [9.17, 15) is 29.1 Å². The number of carbonyl (C=O) groups excluding carboxylic acids is 4. The highest BCUT2D eigenvalue weighted by molar-refractivity contribution is 5.85. The molecule has 2 aromatic carbocycles. The molecule has 304 valence electrons. The van der Waals surface area contributed by atoms with Gasteiger partial charge in [0, 0.05) is 25.3 Å². The van der Waals surface area contributed by atoms with E-state index in [0.717, 1.165) is 41.5 Å². The monoisotopic (exact) mass is 763 g/mol. The van der Waals surface area contributed by atoms with Crippen LogP contribution >= 0.6 is 0 Å². The van der Waals surface area contributed by atoms with Gasteiger partial charge >= 0.3 is 18.0 Å². The van der Waals surface area contributed by atoms with Gasteiger partial charge in [0.05, 0.1) is 0 Å². The van der Waals surface area contributed by atoms with Crippen LogP contribution in [0.25, 0.3) is 11.1 Å². The summed E-state index contributed by atoms with van der Waals surface area (Å²) >= 11 is 0. The molecule has 4 N–H and O–H groups in total. The molecule has 2 atom stereocenters. The zero-order valence-corrected chi connectivity index (χ0v) is 33.6. The fourth-order valence-electron chi connectivity index (χ4n) is 6.94. The minimum absolute atomic E-state index is 0.00370. The van der Waals surface area contributed by atoms with Crippen molar-refractivity contribution in [2.24, 2.45) is 0 Å². The van der Waals surface area contributed by atoms with E-state index >= 15 is 0 Å². The Labute approximate surface area is 328 Å². The summed E-state index contributed by atoms with van der Waals surface area (Å²) in [4.78, 5) is 62.9. The molecule has 0 radical (unpaired) electrons. The van der Waals surface area contributed by atoms with Gasteiger partial charge in [-0.15, -0.1) is 0 Å². The number of unbranched alkanes of at least 4 members (excludes halogenated alkanes) is 11. The van der Waals surface area contributed by atoms with E-state index in [1.807, 2.05) is 48.5 Å². The van der Waals surface area contributed by atoms with Gasteiger partial charge in [0.1, 0.15) is 24.3 Å². The van der Waals surface area contributed by atoms with Crippen LogP contribution < -0.4 is 16.0 Å². The average molecular weight is 764 g/mol. The lowest BCUT2D eigenvalue weighted by molar-refractivity contribution is -0.159. The van der Waals surface area contributed by atoms with Crippen molar-refractivity contribution in [1.82, 2.24) is 16.0 Å². The van der Waals surface area contributed by atoms with E-state index in [2.05, 4.69) is 22.9 Å². The summed E-state index contributed by atoms with van der Waals surface area (Å²) in [7, 11) is 0. The molecule has 0 unspecified atom stereocenters. The molecule has 0 heterocycles. The van der Waals surface area contributed by atoms with Crippen LogP contribution in [0.2, 0.25) is 0 Å². The predicted octanol–water partition coefficient (Wildman–Crippen LogP) is 8.57. The van der Waals surface area contributed by atoms with Crippen molar-refractivity contribution in [3.8, 4) is 11.1 Å². The molecule has 0 saturated carbocycles. The zero-order valence-electron chi connectivity index (χ0n) is 33.6. The van der Waals surface area contributed by atoms with Crippen LogP contribution in [-0.4, -0.2) is 65.8 Å². The third kappa shape index (κ3) is 16.9. The second-order valence-electron chi connectivity index (χ2n) is 15.7. The molecular weight excluding hydrogens is 698 g/mol. The van der Waals surface area contributed by atoms with Crippen molar-refractivity contribution in [3.63, 3.8) is 0 Å². The molecule has 0 fully saturated rings. The van der Waals surface area contributed by atoms with Crippen LogP contribution in [0.5, 0.6) is 0 Å². The summed E-state index contributed by atoms with van der Waals surface area (Å²) in [6.45, 7) is 7.86. The van der Waals surface area contributed by atoms with E-state index in [1.54, 1.807) is 20.8 Å². The van der Waals surface area contributed by atoms with Crippen LogP contribution in [0.15, 0.2) is 48.5 Å². The van der Waals surface area contributed by atoms with Crippen molar-refractivity contribution in [1.29, 1.82) is 0 Å². The standard InChI is InChI=1S/C44H65N3O8/c1-5-6-7-8-9-10-11-12-13-14-15-27-40(49)46-38(42(52)55-44(2,3)4)28-29-39(48)45-30-21-20-26-37(41(50)51)47-43(53)54-31-36-34-24-18-16-22-32(34)33-23-17-19-25-35(33)36/h16-19,22-25,36-38H,5-15,20-21,26-31H2,1-4H3,(H,45,48)(H,46,49)(H,47,53)(H,50,51)/t37-,38-/m0/s1. The van der Waals surface area contributed by atoms with Gasteiger partial charge in [0.25, 0.3) is 0 Å². The molecule has 1 aliphatic carbocycles. The summed E-state index contributed by atoms with van der Waals surface area (Å²) < 4.78 is 11.0. The zero-order chi connectivity index (χ0) is 40.1. The summed E-state index contributed by atoms with van der Waals surface area (Å²) in [6, 6.07) is 13.9. The molecule has 0 bridgehead atoms. The number of esters is 1. The fraction of sp³-hybridized carbons (Fsp3) is 0.614. The van der Waals surface area contributed by atoms with Gasteiger partial charge in [-0.2, -0.15) is 0 Å². The lowest BCUT2D eigenvalue weighted by atomic mass is 9.98. The number of fused-ring (bicyclic) bond motifs is 3. The number of benzene rings is 2. The highest BCUT2D eigenvalue weighted by atomic mass is 16.6. The van der Waals surface area contributed by atoms with Gasteiger partial charge in [-0.3, -0.25) is 9.59 Å². The van der Waals surface area contributed by atoms with Gasteiger partial charge in [-0.1, -0.05) is 120 Å². The molecule has 11 heteroatoms. The Bertz CT molecular complexity index is 1470. The molecule has 55 heavy (non-hydrogen) atoms. The third-order valence-electron chi connectivity index (χ3n) is 9.87. The van der Waals surface area contributed by atoms with Gasteiger partial charge in [-0.25, -0.2) is 14.4 Å². The van der Waals surface area contributed by atoms with Crippen molar-refractivity contribution in [3.05, 3.63) is 59.7 Å². The predicted molar refractivity (Wildman–Crippen MR) is 215 cm³/mol. The van der Waals surface area contributed by atoms with E-state index in [4.69, 9.17) is 9.47 Å². The second-order valence-corrected chi connectivity index (χ2v) is 15.7. The maximum absolute atomic E-state index is 12.9. The van der Waals surface area contributed by atoms with E-state index in [1.165, 1.54) is 51.4 Å². The minimum Gasteiger partial charge on any atom is -0.480 e. The lowest BCUT2D eigenvalue weighted by Gasteiger charge is -2.24. The maximum Gasteiger partial charge on any atom is 0.407 e. The Balaban J connectivity index is 1.33. The molecule has 0 saturated heterocycles. The number of carboxylic acid groups (broad SMARTS) is 1. The highest BCUT2D eigenvalue weighted by Gasteiger charge is 2.30. The molecule has 0 aliphatic heterocycles. The lowest BCUT2D eigenvalue weighted by Crippen LogP contribution is -2.44. The number of hydrogen-bond acceptors (Lipinski definition) is 7. The number of carboxylic acids is 1. The third-order valence-corrected chi connectivity index (χ3v) is 9.87. The van der Waals surface area contributed by atoms with E-state index in [-0.39, 0.29) is 43.6 Å². The quantitative estimate of drug-likeness (QED) is 0.0548. The molecule has 11 nitrogen and oxygen atoms in total. The SMILES string of the molecule is CCCCCCCCCCCCCC(=O)N[C@@H](CCC(=O)NCCCC[C@H](NC(=O)OCC1c2ccccc2-c2ccccc21)C(=O)O)C(=O)OC(C)(C)C. The normalized spacial score (nSPS) is 13.2. The maximum atomic E-state index is 12.9. The highest BCUT2D eigenvalue weighted by Crippen LogP contribution is 2.44. The number of rotatable bonds is 26. The second kappa shape index (κ2) is 24.2. The number of carbonyl (C=O) groups is 5. The summed E-state index contributed by atoms with van der Waals surface area (Å²) in [5, 5.41) is 17.8. The molecule has 2 aromatic rings. The first kappa shape index (κ1) is 45.0. The molecule has 0 aromatic heterocycles. The van der Waals surface area contributed by atoms with Crippen LogP contribution in [-0.2, 0) is 28.7 Å². The van der Waals surface area contributed by atoms with Crippen LogP contribution in [0.1, 0.15) is 154 Å². The molecule has 3 amide bonds. The van der Waals surface area contributed by atoms with Gasteiger partial charge in [0.2, 0.25) is 11.8 Å². The Kier molecular flexibility index (Phi) is 19.8. The van der Waals surface area contributed by atoms with Crippen molar-refractivity contribution >= 4 is 29.8 Å². The number of amides is 3. The van der Waals surface area contributed by atoms with Crippen molar-refractivity contribution in [2.75, 3.05) is 13.2 Å². The number of ether oxygens (including phenoxy) is 2.